The quantitative estimate of drug-likeness (QED) is 0.700. The van der Waals surface area contributed by atoms with Gasteiger partial charge in [-0.05, 0) is 24.3 Å². The van der Waals surface area contributed by atoms with Crippen molar-refractivity contribution in [1.82, 2.24) is 9.13 Å². The summed E-state index contributed by atoms with van der Waals surface area (Å²) in [5.74, 6) is 0.231. The minimum atomic E-state index is -0.145. The fourth-order valence-electron chi connectivity index (χ4n) is 4.06. The maximum atomic E-state index is 13.0. The number of benzene rings is 2. The second-order valence-corrected chi connectivity index (χ2v) is 6.33. The van der Waals surface area contributed by atoms with E-state index in [9.17, 15) is 9.90 Å². The highest BCUT2D eigenvalue weighted by atomic mass is 16.3. The molecule has 0 saturated heterocycles. The van der Waals surface area contributed by atoms with E-state index in [-0.39, 0.29) is 23.5 Å². The number of allylic oxidation sites excluding steroid dienone is 2. The second kappa shape index (κ2) is 4.38. The van der Waals surface area contributed by atoms with Crippen molar-refractivity contribution in [1.29, 1.82) is 0 Å². The third-order valence-electron chi connectivity index (χ3n) is 5.13. The van der Waals surface area contributed by atoms with Crippen LogP contribution in [-0.2, 0) is 0 Å². The van der Waals surface area contributed by atoms with Gasteiger partial charge < -0.3 is 5.11 Å². The Hall–Kier alpha value is -2.75. The highest BCUT2D eigenvalue weighted by Gasteiger charge is 2.36. The zero-order valence-corrected chi connectivity index (χ0v) is 12.5. The van der Waals surface area contributed by atoms with Gasteiger partial charge in [0.05, 0.1) is 17.4 Å². The van der Waals surface area contributed by atoms with Gasteiger partial charge in [-0.1, -0.05) is 48.6 Å². The first-order valence-electron chi connectivity index (χ1n) is 7.98. The molecule has 0 radical (unpaired) electrons. The van der Waals surface area contributed by atoms with Gasteiger partial charge >= 0.3 is 5.69 Å². The van der Waals surface area contributed by atoms with Crippen LogP contribution in [0.5, 0.6) is 5.88 Å². The van der Waals surface area contributed by atoms with Crippen LogP contribution in [0.1, 0.15) is 30.5 Å². The molecule has 3 aromatic rings. The molecule has 2 unspecified atom stereocenters. The number of imidazole rings is 1. The Morgan fingerprint density at radius 3 is 2.61 bits per heavy atom. The molecule has 3 aliphatic rings. The smallest absolute Gasteiger partial charge is 0.336 e. The first kappa shape index (κ1) is 12.8. The van der Waals surface area contributed by atoms with E-state index in [0.717, 1.165) is 35.0 Å². The molecular weight excluding hydrogens is 288 g/mol. The van der Waals surface area contributed by atoms with Gasteiger partial charge in [-0.25, -0.2) is 9.36 Å². The van der Waals surface area contributed by atoms with E-state index in [1.165, 1.54) is 4.57 Å². The van der Waals surface area contributed by atoms with Crippen LogP contribution in [0.15, 0.2) is 59.4 Å². The molecule has 4 heteroatoms. The van der Waals surface area contributed by atoms with E-state index in [1.54, 1.807) is 4.57 Å². The second-order valence-electron chi connectivity index (χ2n) is 6.33. The van der Waals surface area contributed by atoms with E-state index in [1.807, 2.05) is 42.5 Å². The molecule has 2 atom stereocenters. The van der Waals surface area contributed by atoms with Crippen LogP contribution >= 0.6 is 0 Å². The van der Waals surface area contributed by atoms with Gasteiger partial charge in [0.1, 0.15) is 0 Å². The first-order chi connectivity index (χ1) is 11.3. The Kier molecular flexibility index (Phi) is 2.43. The molecule has 1 N–H and O–H groups in total. The molecule has 0 spiro atoms. The Labute approximate surface area is 132 Å². The van der Waals surface area contributed by atoms with Gasteiger partial charge in [0.15, 0.2) is 0 Å². The molecule has 23 heavy (non-hydrogen) atoms. The average Bonchev–Trinajstić information content (AvgIpc) is 2.89. The lowest BCUT2D eigenvalue weighted by molar-refractivity contribution is 0.385. The van der Waals surface area contributed by atoms with E-state index < -0.39 is 0 Å². The van der Waals surface area contributed by atoms with Crippen molar-refractivity contribution in [2.75, 3.05) is 0 Å². The topological polar surface area (TPSA) is 47.2 Å². The van der Waals surface area contributed by atoms with Crippen molar-refractivity contribution < 1.29 is 5.11 Å². The van der Waals surface area contributed by atoms with Gasteiger partial charge in [0, 0.05) is 11.3 Å². The molecule has 2 aromatic carbocycles. The maximum Gasteiger partial charge on any atom is 0.336 e. The SMILES string of the molecule is O=c1n(-c2cccc3ccccc23)c(O)c2n1C1C=CC2CC1. The molecule has 1 aromatic heterocycles. The largest absolute Gasteiger partial charge is 0.493 e. The first-order valence-corrected chi connectivity index (χ1v) is 7.98. The standard InChI is InChI=1S/C19H16N2O2/c22-18-17-13-8-10-14(11-9-13)20(17)19(23)21(18)16-7-3-5-12-4-1-2-6-15(12)16/h1-8,10,13-14,22H,9,11H2. The summed E-state index contributed by atoms with van der Waals surface area (Å²) < 4.78 is 3.24. The van der Waals surface area contributed by atoms with Gasteiger partial charge in [-0.3, -0.25) is 4.57 Å². The number of hydrogen-bond acceptors (Lipinski definition) is 2. The fourth-order valence-corrected chi connectivity index (χ4v) is 4.06. The molecule has 2 bridgehead atoms. The van der Waals surface area contributed by atoms with Crippen LogP contribution < -0.4 is 5.69 Å². The van der Waals surface area contributed by atoms with Crippen LogP contribution in [-0.4, -0.2) is 14.2 Å². The molecule has 4 nitrogen and oxygen atoms in total. The predicted molar refractivity (Wildman–Crippen MR) is 89.4 cm³/mol. The number of rotatable bonds is 1. The molecule has 0 amide bonds. The lowest BCUT2D eigenvalue weighted by Gasteiger charge is -2.31. The fraction of sp³-hybridized carbons (Fsp3) is 0.211. The summed E-state index contributed by atoms with van der Waals surface area (Å²) in [4.78, 5) is 13.0. The van der Waals surface area contributed by atoms with E-state index >= 15 is 0 Å². The third kappa shape index (κ3) is 1.58. The van der Waals surface area contributed by atoms with Crippen molar-refractivity contribution in [3.05, 3.63) is 70.8 Å². The number of hydrogen-bond donors (Lipinski definition) is 1. The molecular formula is C19H16N2O2. The highest BCUT2D eigenvalue weighted by molar-refractivity contribution is 5.90. The minimum Gasteiger partial charge on any atom is -0.493 e. The number of aromatic nitrogens is 2. The van der Waals surface area contributed by atoms with Gasteiger partial charge in [-0.15, -0.1) is 0 Å². The Bertz CT molecular complexity index is 1020. The van der Waals surface area contributed by atoms with E-state index in [4.69, 9.17) is 0 Å². The third-order valence-corrected chi connectivity index (χ3v) is 5.13. The Morgan fingerprint density at radius 1 is 1.00 bits per heavy atom. The lowest BCUT2D eigenvalue weighted by atomic mass is 9.86. The normalized spacial score (nSPS) is 21.7. The van der Waals surface area contributed by atoms with Crippen LogP contribution in [0.2, 0.25) is 0 Å². The minimum absolute atomic E-state index is 0.0737. The van der Waals surface area contributed by atoms with Gasteiger partial charge in [0.25, 0.3) is 0 Å². The summed E-state index contributed by atoms with van der Waals surface area (Å²) in [6.45, 7) is 0. The predicted octanol–water partition coefficient (Wildman–Crippen LogP) is 3.49. The average molecular weight is 304 g/mol. The molecule has 0 saturated carbocycles. The summed E-state index contributed by atoms with van der Waals surface area (Å²) in [5, 5.41) is 12.8. The molecule has 114 valence electrons. The summed E-state index contributed by atoms with van der Waals surface area (Å²) in [6, 6.07) is 13.8. The molecule has 0 fully saturated rings. The van der Waals surface area contributed by atoms with Gasteiger partial charge in [0.2, 0.25) is 5.88 Å². The van der Waals surface area contributed by atoms with Crippen LogP contribution in [0, 0.1) is 0 Å². The number of nitrogens with zero attached hydrogens (tertiary/aromatic N) is 2. The molecule has 3 heterocycles. The van der Waals surface area contributed by atoms with E-state index in [0.29, 0.717) is 0 Å². The summed E-state index contributed by atoms with van der Waals surface area (Å²) in [6.07, 6.45) is 6.17. The highest BCUT2D eigenvalue weighted by Crippen LogP contribution is 2.43. The van der Waals surface area contributed by atoms with Crippen molar-refractivity contribution in [3.63, 3.8) is 0 Å². The van der Waals surface area contributed by atoms with Crippen LogP contribution in [0.4, 0.5) is 0 Å². The van der Waals surface area contributed by atoms with Crippen molar-refractivity contribution in [3.8, 4) is 11.6 Å². The Morgan fingerprint density at radius 2 is 1.83 bits per heavy atom. The molecule has 1 aliphatic carbocycles. The lowest BCUT2D eigenvalue weighted by Crippen LogP contribution is -2.32. The van der Waals surface area contributed by atoms with Crippen molar-refractivity contribution in [2.45, 2.75) is 24.8 Å². The Balaban J connectivity index is 1.86. The zero-order chi connectivity index (χ0) is 15.6. The summed E-state index contributed by atoms with van der Waals surface area (Å²) >= 11 is 0. The monoisotopic (exact) mass is 304 g/mol. The van der Waals surface area contributed by atoms with Crippen LogP contribution in [0.3, 0.4) is 0 Å². The maximum absolute atomic E-state index is 13.0. The van der Waals surface area contributed by atoms with E-state index in [2.05, 4.69) is 12.2 Å². The van der Waals surface area contributed by atoms with Gasteiger partial charge in [-0.2, -0.15) is 0 Å². The zero-order valence-electron chi connectivity index (χ0n) is 12.5. The summed E-state index contributed by atoms with van der Waals surface area (Å²) in [7, 11) is 0. The molecule has 6 rings (SSSR count). The molecule has 2 aliphatic heterocycles. The van der Waals surface area contributed by atoms with Crippen molar-refractivity contribution in [2.24, 2.45) is 0 Å². The number of aromatic hydroxyl groups is 1. The summed E-state index contributed by atoms with van der Waals surface area (Å²) in [5.41, 5.74) is 1.36. The number of fused-ring (bicyclic) bond motifs is 2. The van der Waals surface area contributed by atoms with Crippen molar-refractivity contribution >= 4 is 10.8 Å². The van der Waals surface area contributed by atoms with Crippen LogP contribution in [0.25, 0.3) is 16.5 Å².